The number of anilines is 1. The van der Waals surface area contributed by atoms with Gasteiger partial charge in [0, 0.05) is 35.8 Å². The number of rotatable bonds is 2. The van der Waals surface area contributed by atoms with E-state index < -0.39 is 11.8 Å². The van der Waals surface area contributed by atoms with Gasteiger partial charge in [-0.2, -0.15) is 4.98 Å². The molecule has 0 aromatic carbocycles. The van der Waals surface area contributed by atoms with E-state index in [4.69, 9.17) is 5.73 Å². The standard InChI is InChI=1S/C12H15N3O3/c1-2-7-8(3-6(5-16)11(7)17)9-4-10(13)15-12(18)14-9/h4,6,8,11,16-17H,1,3,5H2,(H3,13,14,15,18)/t6-,8-,11-/m1/s1. The Hall–Kier alpha value is -1.88. The van der Waals surface area contributed by atoms with Crippen molar-refractivity contribution in [3.05, 3.63) is 40.1 Å². The number of aromatic amines is 1. The summed E-state index contributed by atoms with van der Waals surface area (Å²) in [5.41, 5.74) is 8.81. The summed E-state index contributed by atoms with van der Waals surface area (Å²) in [4.78, 5) is 17.4. The molecule has 0 unspecified atom stereocenters. The molecule has 0 bridgehead atoms. The molecule has 0 amide bonds. The molecule has 96 valence electrons. The maximum Gasteiger partial charge on any atom is 0.347 e. The van der Waals surface area contributed by atoms with E-state index in [0.29, 0.717) is 17.7 Å². The van der Waals surface area contributed by atoms with E-state index in [-0.39, 0.29) is 24.3 Å². The summed E-state index contributed by atoms with van der Waals surface area (Å²) in [6, 6.07) is 1.55. The molecule has 2 rings (SSSR count). The Bertz CT molecular complexity index is 560. The number of nitrogens with zero attached hydrogens (tertiary/aromatic N) is 1. The molecule has 1 aliphatic carbocycles. The first-order chi connectivity index (χ1) is 8.56. The monoisotopic (exact) mass is 249 g/mol. The topological polar surface area (TPSA) is 112 Å². The second kappa shape index (κ2) is 4.78. The number of hydrogen-bond acceptors (Lipinski definition) is 5. The Kier molecular flexibility index (Phi) is 3.34. The predicted octanol–water partition coefficient (Wildman–Crippen LogP) is -0.480. The molecule has 1 aliphatic rings. The second-order valence-electron chi connectivity index (χ2n) is 4.37. The zero-order valence-electron chi connectivity index (χ0n) is 9.76. The molecule has 3 atom stereocenters. The fourth-order valence-electron chi connectivity index (χ4n) is 2.40. The Morgan fingerprint density at radius 3 is 2.94 bits per heavy atom. The van der Waals surface area contributed by atoms with Gasteiger partial charge in [0.15, 0.2) is 0 Å². The highest BCUT2D eigenvalue weighted by Gasteiger charge is 2.38. The molecule has 6 heteroatoms. The number of nitrogens with two attached hydrogens (primary N) is 1. The zero-order chi connectivity index (χ0) is 13.3. The van der Waals surface area contributed by atoms with E-state index in [1.807, 2.05) is 0 Å². The van der Waals surface area contributed by atoms with Crippen molar-refractivity contribution in [2.75, 3.05) is 12.3 Å². The van der Waals surface area contributed by atoms with Crippen molar-refractivity contribution in [3.8, 4) is 0 Å². The number of aromatic nitrogens is 2. The first kappa shape index (κ1) is 12.6. The fourth-order valence-corrected chi connectivity index (χ4v) is 2.40. The van der Waals surface area contributed by atoms with Crippen LogP contribution < -0.4 is 11.4 Å². The average Bonchev–Trinajstić information content (AvgIpc) is 2.64. The Morgan fingerprint density at radius 2 is 2.39 bits per heavy atom. The summed E-state index contributed by atoms with van der Waals surface area (Å²) in [7, 11) is 0. The highest BCUT2D eigenvalue weighted by molar-refractivity contribution is 5.36. The summed E-state index contributed by atoms with van der Waals surface area (Å²) in [6.07, 6.45) is -0.287. The van der Waals surface area contributed by atoms with Crippen molar-refractivity contribution >= 4 is 5.82 Å². The van der Waals surface area contributed by atoms with Crippen LogP contribution in [0.2, 0.25) is 0 Å². The molecular weight excluding hydrogens is 234 g/mol. The number of aliphatic hydroxyl groups excluding tert-OH is 2. The summed E-state index contributed by atoms with van der Waals surface area (Å²) in [5.74, 6) is -0.399. The molecule has 0 aliphatic heterocycles. The quantitative estimate of drug-likeness (QED) is 0.529. The minimum absolute atomic E-state index is 0.124. The lowest BCUT2D eigenvalue weighted by Gasteiger charge is -2.11. The van der Waals surface area contributed by atoms with Crippen molar-refractivity contribution < 1.29 is 10.2 Å². The number of H-pyrrole nitrogens is 1. The smallest absolute Gasteiger partial charge is 0.347 e. The molecule has 1 heterocycles. The van der Waals surface area contributed by atoms with Crippen LogP contribution >= 0.6 is 0 Å². The predicted molar refractivity (Wildman–Crippen MR) is 65.9 cm³/mol. The fraction of sp³-hybridized carbons (Fsp3) is 0.417. The molecule has 0 radical (unpaired) electrons. The van der Waals surface area contributed by atoms with Crippen LogP contribution in [0.4, 0.5) is 5.82 Å². The van der Waals surface area contributed by atoms with Crippen molar-refractivity contribution in [1.29, 1.82) is 0 Å². The summed E-state index contributed by atoms with van der Waals surface area (Å²) in [5, 5.41) is 19.2. The molecule has 0 spiro atoms. The number of nitrogen functional groups attached to an aromatic ring is 1. The van der Waals surface area contributed by atoms with Gasteiger partial charge in [-0.3, -0.25) is 0 Å². The van der Waals surface area contributed by atoms with E-state index in [0.717, 1.165) is 0 Å². The average molecular weight is 249 g/mol. The lowest BCUT2D eigenvalue weighted by atomic mass is 9.98. The van der Waals surface area contributed by atoms with Crippen molar-refractivity contribution in [2.45, 2.75) is 18.4 Å². The van der Waals surface area contributed by atoms with Crippen LogP contribution in [0, 0.1) is 5.92 Å². The van der Waals surface area contributed by atoms with Gasteiger partial charge < -0.3 is 20.9 Å². The normalized spacial score (nSPS) is 27.2. The molecule has 1 aromatic rings. The second-order valence-corrected chi connectivity index (χ2v) is 4.37. The minimum Gasteiger partial charge on any atom is -0.396 e. The Labute approximate surface area is 103 Å². The molecule has 6 nitrogen and oxygen atoms in total. The first-order valence-corrected chi connectivity index (χ1v) is 5.62. The van der Waals surface area contributed by atoms with Crippen LogP contribution in [0.5, 0.6) is 0 Å². The Morgan fingerprint density at radius 1 is 1.67 bits per heavy atom. The van der Waals surface area contributed by atoms with E-state index in [9.17, 15) is 15.0 Å². The van der Waals surface area contributed by atoms with Crippen LogP contribution in [-0.2, 0) is 0 Å². The third-order valence-corrected chi connectivity index (χ3v) is 3.28. The minimum atomic E-state index is -0.796. The van der Waals surface area contributed by atoms with E-state index in [1.165, 1.54) is 0 Å². The van der Waals surface area contributed by atoms with Gasteiger partial charge in [-0.1, -0.05) is 6.58 Å². The lowest BCUT2D eigenvalue weighted by molar-refractivity contribution is 0.111. The molecule has 18 heavy (non-hydrogen) atoms. The summed E-state index contributed by atoms with van der Waals surface area (Å²) < 4.78 is 0. The van der Waals surface area contributed by atoms with Gasteiger partial charge in [0.05, 0.1) is 6.10 Å². The highest BCUT2D eigenvalue weighted by Crippen LogP contribution is 2.41. The molecule has 1 aromatic heterocycles. The first-order valence-electron chi connectivity index (χ1n) is 5.62. The van der Waals surface area contributed by atoms with Crippen molar-refractivity contribution in [2.24, 2.45) is 5.92 Å². The van der Waals surface area contributed by atoms with Gasteiger partial charge in [-0.25, -0.2) is 4.79 Å². The van der Waals surface area contributed by atoms with Crippen LogP contribution in [0.1, 0.15) is 18.0 Å². The van der Waals surface area contributed by atoms with Crippen molar-refractivity contribution in [3.63, 3.8) is 0 Å². The summed E-state index contributed by atoms with van der Waals surface area (Å²) in [6.45, 7) is 3.41. The van der Waals surface area contributed by atoms with Crippen molar-refractivity contribution in [1.82, 2.24) is 9.97 Å². The van der Waals surface area contributed by atoms with E-state index >= 15 is 0 Å². The van der Waals surface area contributed by atoms with Crippen LogP contribution in [0.15, 0.2) is 28.7 Å². The Balaban J connectivity index is 2.44. The SMILES string of the molecule is C=C=C1[C@H](c2cc(N)nc(=O)[nH]2)C[C@H](CO)[C@H]1O. The van der Waals surface area contributed by atoms with Gasteiger partial charge >= 0.3 is 5.69 Å². The molecule has 5 N–H and O–H groups in total. The van der Waals surface area contributed by atoms with Crippen LogP contribution in [0.25, 0.3) is 0 Å². The van der Waals surface area contributed by atoms with Gasteiger partial charge in [0.2, 0.25) is 0 Å². The maximum atomic E-state index is 11.3. The molecular formula is C12H15N3O3. The van der Waals surface area contributed by atoms with E-state index in [1.54, 1.807) is 6.07 Å². The number of hydrogen-bond donors (Lipinski definition) is 4. The lowest BCUT2D eigenvalue weighted by Crippen LogP contribution is -2.18. The third-order valence-electron chi connectivity index (χ3n) is 3.28. The maximum absolute atomic E-state index is 11.3. The molecule has 0 saturated heterocycles. The van der Waals surface area contributed by atoms with Crippen LogP contribution in [0.3, 0.4) is 0 Å². The zero-order valence-corrected chi connectivity index (χ0v) is 9.76. The third kappa shape index (κ3) is 2.09. The van der Waals surface area contributed by atoms with E-state index in [2.05, 4.69) is 22.3 Å². The number of nitrogens with one attached hydrogen (secondary N) is 1. The van der Waals surface area contributed by atoms with Gasteiger partial charge in [0.25, 0.3) is 0 Å². The summed E-state index contributed by atoms with van der Waals surface area (Å²) >= 11 is 0. The molecule has 1 fully saturated rings. The highest BCUT2D eigenvalue weighted by atomic mass is 16.3. The van der Waals surface area contributed by atoms with Gasteiger partial charge in [-0.05, 0) is 6.42 Å². The largest absolute Gasteiger partial charge is 0.396 e. The molecule has 1 saturated carbocycles. The van der Waals surface area contributed by atoms with Gasteiger partial charge in [0.1, 0.15) is 5.82 Å². The van der Waals surface area contributed by atoms with Gasteiger partial charge in [-0.15, -0.1) is 5.73 Å². The number of aliphatic hydroxyl groups is 2. The van der Waals surface area contributed by atoms with Crippen LogP contribution in [-0.4, -0.2) is 32.9 Å².